The molecule has 1 N–H and O–H groups in total. The largest absolute Gasteiger partial charge is 0.465 e. The number of nitrogens with one attached hydrogen (secondary N) is 1. The van der Waals surface area contributed by atoms with E-state index in [0.29, 0.717) is 5.56 Å². The summed E-state index contributed by atoms with van der Waals surface area (Å²) in [5.74, 6) is 2.17. The van der Waals surface area contributed by atoms with Crippen LogP contribution < -0.4 is 15.0 Å². The lowest BCUT2D eigenvalue weighted by molar-refractivity contribution is 0.0600. The summed E-state index contributed by atoms with van der Waals surface area (Å²) in [5.41, 5.74) is 3.00. The van der Waals surface area contributed by atoms with Crippen molar-refractivity contribution in [3.63, 3.8) is 0 Å². The molecule has 1 fully saturated rings. The number of fused-ring (bicyclic) bond motifs is 2. The van der Waals surface area contributed by atoms with Crippen LogP contribution in [0.3, 0.4) is 0 Å². The van der Waals surface area contributed by atoms with Crippen LogP contribution >= 0.6 is 11.8 Å². The minimum atomic E-state index is -0.327. The summed E-state index contributed by atoms with van der Waals surface area (Å²) in [6, 6.07) is 11.7. The molecule has 130 valence electrons. The lowest BCUT2D eigenvalue weighted by Crippen LogP contribution is -2.43. The van der Waals surface area contributed by atoms with E-state index in [-0.39, 0.29) is 5.97 Å². The SMILES string of the molecule is COC(=O)c1ccc2c(c1)SCc1c(cccc1N1CCNCC1)O2. The summed E-state index contributed by atoms with van der Waals surface area (Å²) in [4.78, 5) is 15.2. The van der Waals surface area contributed by atoms with Crippen molar-refractivity contribution in [1.82, 2.24) is 5.32 Å². The predicted octanol–water partition coefficient (Wildman–Crippen LogP) is 3.28. The summed E-state index contributed by atoms with van der Waals surface area (Å²) in [6.07, 6.45) is 0. The number of piperazine rings is 1. The molecule has 0 atom stereocenters. The molecule has 0 aliphatic carbocycles. The average molecular weight is 356 g/mol. The van der Waals surface area contributed by atoms with Crippen molar-refractivity contribution in [1.29, 1.82) is 0 Å². The first kappa shape index (κ1) is 16.3. The van der Waals surface area contributed by atoms with E-state index in [0.717, 1.165) is 48.3 Å². The lowest BCUT2D eigenvalue weighted by atomic mass is 10.1. The van der Waals surface area contributed by atoms with Crippen LogP contribution in [0, 0.1) is 0 Å². The molecular weight excluding hydrogens is 336 g/mol. The number of ether oxygens (including phenoxy) is 2. The first-order chi connectivity index (χ1) is 12.3. The zero-order valence-electron chi connectivity index (χ0n) is 14.1. The molecule has 0 unspecified atom stereocenters. The van der Waals surface area contributed by atoms with Crippen LogP contribution in [0.25, 0.3) is 0 Å². The zero-order valence-corrected chi connectivity index (χ0v) is 14.9. The fourth-order valence-electron chi connectivity index (χ4n) is 3.22. The molecule has 0 saturated carbocycles. The van der Waals surface area contributed by atoms with Gasteiger partial charge in [0.25, 0.3) is 0 Å². The zero-order chi connectivity index (χ0) is 17.2. The van der Waals surface area contributed by atoms with Crippen molar-refractivity contribution in [3.8, 4) is 11.5 Å². The molecule has 6 heteroatoms. The Bertz CT molecular complexity index is 803. The van der Waals surface area contributed by atoms with E-state index in [9.17, 15) is 4.79 Å². The molecule has 1 saturated heterocycles. The van der Waals surface area contributed by atoms with Crippen molar-refractivity contribution in [2.75, 3.05) is 38.2 Å². The molecule has 0 aromatic heterocycles. The molecule has 2 aromatic rings. The second kappa shape index (κ2) is 6.98. The summed E-state index contributed by atoms with van der Waals surface area (Å²) < 4.78 is 11.0. The fourth-order valence-corrected chi connectivity index (χ4v) is 4.27. The Kier molecular flexibility index (Phi) is 4.55. The first-order valence-corrected chi connectivity index (χ1v) is 9.35. The van der Waals surface area contributed by atoms with Crippen molar-refractivity contribution in [2.24, 2.45) is 0 Å². The molecule has 25 heavy (non-hydrogen) atoms. The van der Waals surface area contributed by atoms with E-state index < -0.39 is 0 Å². The van der Waals surface area contributed by atoms with Crippen LogP contribution in [-0.2, 0) is 10.5 Å². The van der Waals surface area contributed by atoms with Crippen LogP contribution in [0.15, 0.2) is 41.3 Å². The van der Waals surface area contributed by atoms with Crippen molar-refractivity contribution < 1.29 is 14.3 Å². The van der Waals surface area contributed by atoms with Gasteiger partial charge >= 0.3 is 5.97 Å². The summed E-state index contributed by atoms with van der Waals surface area (Å²) in [7, 11) is 1.40. The Morgan fingerprint density at radius 1 is 1.20 bits per heavy atom. The van der Waals surface area contributed by atoms with E-state index in [1.807, 2.05) is 18.2 Å². The van der Waals surface area contributed by atoms with E-state index in [2.05, 4.69) is 22.3 Å². The number of hydrogen-bond donors (Lipinski definition) is 1. The molecular formula is C19H20N2O3S. The number of methoxy groups -OCH3 is 1. The van der Waals surface area contributed by atoms with E-state index >= 15 is 0 Å². The Morgan fingerprint density at radius 2 is 2.04 bits per heavy atom. The van der Waals surface area contributed by atoms with Crippen LogP contribution in [0.5, 0.6) is 11.5 Å². The van der Waals surface area contributed by atoms with E-state index in [1.54, 1.807) is 17.8 Å². The summed E-state index contributed by atoms with van der Waals surface area (Å²) >= 11 is 1.70. The van der Waals surface area contributed by atoms with Gasteiger partial charge < -0.3 is 19.7 Å². The molecule has 2 heterocycles. The number of hydrogen-bond acceptors (Lipinski definition) is 6. The molecule has 0 bridgehead atoms. The maximum atomic E-state index is 11.8. The van der Waals surface area contributed by atoms with Gasteiger partial charge in [-0.2, -0.15) is 0 Å². The van der Waals surface area contributed by atoms with Gasteiger partial charge in [-0.05, 0) is 30.3 Å². The standard InChI is InChI=1S/C19H20N2O3S/c1-23-19(22)13-5-6-17-18(11-13)25-12-14-15(3-2-4-16(14)24-17)21-9-7-20-8-10-21/h2-6,11,20H,7-10,12H2,1H3. The van der Waals surface area contributed by atoms with Crippen LogP contribution in [0.4, 0.5) is 5.69 Å². The number of carbonyl (C=O) groups excluding carboxylic acids is 1. The Hall–Kier alpha value is -2.18. The third-order valence-corrected chi connectivity index (χ3v) is 5.59. The number of rotatable bonds is 2. The monoisotopic (exact) mass is 356 g/mol. The average Bonchev–Trinajstić information content (AvgIpc) is 2.86. The van der Waals surface area contributed by atoms with Crippen molar-refractivity contribution in [3.05, 3.63) is 47.5 Å². The number of esters is 1. The molecule has 0 radical (unpaired) electrons. The molecule has 0 amide bonds. The third kappa shape index (κ3) is 3.19. The smallest absolute Gasteiger partial charge is 0.337 e. The number of nitrogens with zero attached hydrogens (tertiary/aromatic N) is 1. The van der Waals surface area contributed by atoms with Gasteiger partial charge in [0.15, 0.2) is 0 Å². The Morgan fingerprint density at radius 3 is 2.84 bits per heavy atom. The Balaban J connectivity index is 1.67. The number of carbonyl (C=O) groups is 1. The second-order valence-electron chi connectivity index (χ2n) is 6.03. The molecule has 2 aliphatic heterocycles. The van der Waals surface area contributed by atoms with E-state index in [4.69, 9.17) is 9.47 Å². The normalized spacial score (nSPS) is 16.3. The highest BCUT2D eigenvalue weighted by Crippen LogP contribution is 2.44. The van der Waals surface area contributed by atoms with Crippen LogP contribution in [-0.4, -0.2) is 39.3 Å². The fraction of sp³-hybridized carbons (Fsp3) is 0.316. The van der Waals surface area contributed by atoms with Crippen molar-refractivity contribution >= 4 is 23.4 Å². The minimum Gasteiger partial charge on any atom is -0.465 e. The minimum absolute atomic E-state index is 0.327. The second-order valence-corrected chi connectivity index (χ2v) is 7.05. The highest BCUT2D eigenvalue weighted by Gasteiger charge is 2.22. The molecule has 2 aromatic carbocycles. The highest BCUT2D eigenvalue weighted by atomic mass is 32.2. The highest BCUT2D eigenvalue weighted by molar-refractivity contribution is 7.98. The molecule has 4 rings (SSSR count). The van der Waals surface area contributed by atoms with Crippen LogP contribution in [0.2, 0.25) is 0 Å². The van der Waals surface area contributed by atoms with Gasteiger partial charge in [0.2, 0.25) is 0 Å². The van der Waals surface area contributed by atoms with Gasteiger partial charge in [0.1, 0.15) is 11.5 Å². The maximum Gasteiger partial charge on any atom is 0.337 e. The van der Waals surface area contributed by atoms with Gasteiger partial charge in [-0.1, -0.05) is 6.07 Å². The Labute approximate surface area is 151 Å². The first-order valence-electron chi connectivity index (χ1n) is 8.37. The number of anilines is 1. The van der Waals surface area contributed by atoms with Gasteiger partial charge in [-0.15, -0.1) is 11.8 Å². The molecule has 0 spiro atoms. The van der Waals surface area contributed by atoms with Gasteiger partial charge in [-0.25, -0.2) is 4.79 Å². The van der Waals surface area contributed by atoms with E-state index in [1.165, 1.54) is 18.4 Å². The predicted molar refractivity (Wildman–Crippen MR) is 98.9 cm³/mol. The topological polar surface area (TPSA) is 50.8 Å². The van der Waals surface area contributed by atoms with Gasteiger partial charge in [-0.3, -0.25) is 0 Å². The number of benzene rings is 2. The third-order valence-electron chi connectivity index (χ3n) is 4.52. The van der Waals surface area contributed by atoms with Gasteiger partial charge in [0.05, 0.1) is 17.6 Å². The van der Waals surface area contributed by atoms with Crippen LogP contribution in [0.1, 0.15) is 15.9 Å². The lowest BCUT2D eigenvalue weighted by Gasteiger charge is -2.31. The van der Waals surface area contributed by atoms with Gasteiger partial charge in [0, 0.05) is 43.2 Å². The summed E-state index contributed by atoms with van der Waals surface area (Å²) in [6.45, 7) is 4.00. The molecule has 2 aliphatic rings. The van der Waals surface area contributed by atoms with Crippen molar-refractivity contribution in [2.45, 2.75) is 10.6 Å². The maximum absolute atomic E-state index is 11.8. The summed E-state index contributed by atoms with van der Waals surface area (Å²) in [5, 5.41) is 3.39. The molecule has 5 nitrogen and oxygen atoms in total. The quantitative estimate of drug-likeness (QED) is 0.834. The number of thioether (sulfide) groups is 1.